The summed E-state index contributed by atoms with van der Waals surface area (Å²) in [7, 11) is -6.56. The molecule has 1 N–H and O–H groups in total. The molecule has 0 bridgehead atoms. The monoisotopic (exact) mass is 339 g/mol. The van der Waals surface area contributed by atoms with Crippen LogP contribution in [0.4, 0.5) is 0 Å². The Morgan fingerprint density at radius 1 is 1.05 bits per heavy atom. The maximum atomic E-state index is 12.5. The molecule has 2 heterocycles. The molecule has 2 aliphatic heterocycles. The van der Waals surface area contributed by atoms with E-state index in [9.17, 15) is 16.8 Å². The SMILES string of the molecule is CCNCC1CCN(S(=O)(=O)N2CCS(=O)(=O)CC2)CC1. The fraction of sp³-hybridized carbons (Fsp3) is 1.00. The van der Waals surface area contributed by atoms with E-state index in [1.807, 2.05) is 0 Å². The van der Waals surface area contributed by atoms with Crippen molar-refractivity contribution in [1.82, 2.24) is 13.9 Å². The van der Waals surface area contributed by atoms with Gasteiger partial charge in [-0.15, -0.1) is 0 Å². The molecule has 0 aromatic rings. The van der Waals surface area contributed by atoms with Crippen molar-refractivity contribution >= 4 is 20.0 Å². The molecule has 0 aliphatic carbocycles. The van der Waals surface area contributed by atoms with Gasteiger partial charge in [-0.25, -0.2) is 8.42 Å². The van der Waals surface area contributed by atoms with Gasteiger partial charge in [0.1, 0.15) is 0 Å². The summed E-state index contributed by atoms with van der Waals surface area (Å²) in [6.07, 6.45) is 1.72. The van der Waals surface area contributed by atoms with E-state index >= 15 is 0 Å². The molecule has 2 saturated heterocycles. The highest BCUT2D eigenvalue weighted by Gasteiger charge is 2.36. The summed E-state index contributed by atoms with van der Waals surface area (Å²) >= 11 is 0. The summed E-state index contributed by atoms with van der Waals surface area (Å²) in [4.78, 5) is 0. The van der Waals surface area contributed by atoms with Crippen LogP contribution < -0.4 is 5.32 Å². The topological polar surface area (TPSA) is 86.8 Å². The zero-order valence-electron chi connectivity index (χ0n) is 12.5. The van der Waals surface area contributed by atoms with Crippen LogP contribution in [0.25, 0.3) is 0 Å². The molecule has 0 atom stereocenters. The predicted molar refractivity (Wildman–Crippen MR) is 82.0 cm³/mol. The van der Waals surface area contributed by atoms with Crippen LogP contribution in [0.5, 0.6) is 0 Å². The smallest absolute Gasteiger partial charge is 0.282 e. The molecule has 0 amide bonds. The first-order valence-corrected chi connectivity index (χ1v) is 10.7. The van der Waals surface area contributed by atoms with Gasteiger partial charge in [0.05, 0.1) is 11.5 Å². The van der Waals surface area contributed by atoms with Crippen LogP contribution in [-0.2, 0) is 20.0 Å². The van der Waals surface area contributed by atoms with Crippen molar-refractivity contribution in [2.45, 2.75) is 19.8 Å². The Labute approximate surface area is 127 Å². The Morgan fingerprint density at radius 3 is 2.10 bits per heavy atom. The van der Waals surface area contributed by atoms with Gasteiger partial charge >= 0.3 is 0 Å². The van der Waals surface area contributed by atoms with Gasteiger partial charge in [-0.1, -0.05) is 6.92 Å². The summed E-state index contributed by atoms with van der Waals surface area (Å²) in [5.74, 6) is 0.393. The number of piperidine rings is 1. The normalized spacial score (nSPS) is 26.0. The molecule has 0 unspecified atom stereocenters. The maximum absolute atomic E-state index is 12.5. The molecule has 21 heavy (non-hydrogen) atoms. The molecule has 0 aromatic heterocycles. The average molecular weight is 339 g/mol. The second-order valence-corrected chi connectivity index (χ2v) is 9.94. The number of nitrogens with one attached hydrogen (secondary N) is 1. The van der Waals surface area contributed by atoms with E-state index in [1.165, 1.54) is 8.61 Å². The van der Waals surface area contributed by atoms with Crippen molar-refractivity contribution in [3.05, 3.63) is 0 Å². The predicted octanol–water partition coefficient (Wildman–Crippen LogP) is -0.717. The van der Waals surface area contributed by atoms with Crippen molar-refractivity contribution < 1.29 is 16.8 Å². The summed E-state index contributed by atoms with van der Waals surface area (Å²) < 4.78 is 50.7. The number of hydrogen-bond acceptors (Lipinski definition) is 5. The second-order valence-electron chi connectivity index (χ2n) is 5.71. The lowest BCUT2D eigenvalue weighted by atomic mass is 9.98. The minimum absolute atomic E-state index is 0.0664. The standard InChI is InChI=1S/C12H25N3O4S2/c1-2-13-11-12-3-5-14(6-4-12)21(18,19)15-7-9-20(16,17)10-8-15/h12-13H,2-11H2,1H3. The van der Waals surface area contributed by atoms with Gasteiger partial charge in [0, 0.05) is 26.2 Å². The van der Waals surface area contributed by atoms with E-state index in [4.69, 9.17) is 0 Å². The number of rotatable bonds is 5. The van der Waals surface area contributed by atoms with Crippen LogP contribution in [0, 0.1) is 5.92 Å². The molecule has 7 nitrogen and oxygen atoms in total. The van der Waals surface area contributed by atoms with Crippen molar-refractivity contribution in [3.63, 3.8) is 0 Å². The van der Waals surface area contributed by atoms with Gasteiger partial charge < -0.3 is 5.32 Å². The summed E-state index contributed by atoms with van der Waals surface area (Å²) in [5, 5.41) is 3.30. The lowest BCUT2D eigenvalue weighted by molar-refractivity contribution is 0.251. The second kappa shape index (κ2) is 6.91. The summed E-state index contributed by atoms with van der Waals surface area (Å²) in [6, 6.07) is 0. The lowest BCUT2D eigenvalue weighted by Gasteiger charge is -2.36. The summed E-state index contributed by atoms with van der Waals surface area (Å²) in [5.41, 5.74) is 0. The molecule has 9 heteroatoms. The van der Waals surface area contributed by atoms with Gasteiger partial charge in [-0.3, -0.25) is 0 Å². The lowest BCUT2D eigenvalue weighted by Crippen LogP contribution is -2.52. The molecule has 0 spiro atoms. The molecule has 2 aliphatic rings. The van der Waals surface area contributed by atoms with E-state index in [0.717, 1.165) is 25.9 Å². The first-order chi connectivity index (χ1) is 9.85. The van der Waals surface area contributed by atoms with E-state index < -0.39 is 20.0 Å². The van der Waals surface area contributed by atoms with E-state index in [2.05, 4.69) is 12.2 Å². The Bertz CT molecular complexity index is 525. The summed E-state index contributed by atoms with van der Waals surface area (Å²) in [6.45, 7) is 5.16. The zero-order valence-corrected chi connectivity index (χ0v) is 14.1. The van der Waals surface area contributed by atoms with Crippen molar-refractivity contribution in [3.8, 4) is 0 Å². The average Bonchev–Trinajstić information content (AvgIpc) is 2.45. The molecular formula is C12H25N3O4S2. The molecule has 0 aromatic carbocycles. The Balaban J connectivity index is 1.90. The molecule has 0 radical (unpaired) electrons. The minimum Gasteiger partial charge on any atom is -0.317 e. The van der Waals surface area contributed by atoms with Crippen LogP contribution in [-0.4, -0.2) is 76.2 Å². The quantitative estimate of drug-likeness (QED) is 0.714. The van der Waals surface area contributed by atoms with E-state index in [1.54, 1.807) is 0 Å². The van der Waals surface area contributed by atoms with Crippen LogP contribution in [0.2, 0.25) is 0 Å². The third-order valence-electron chi connectivity index (χ3n) is 4.21. The molecule has 2 fully saturated rings. The fourth-order valence-corrected chi connectivity index (χ4v) is 5.86. The maximum Gasteiger partial charge on any atom is 0.282 e. The largest absolute Gasteiger partial charge is 0.317 e. The van der Waals surface area contributed by atoms with Crippen LogP contribution >= 0.6 is 0 Å². The minimum atomic E-state index is -3.50. The first-order valence-electron chi connectivity index (χ1n) is 7.51. The molecule has 0 saturated carbocycles. The van der Waals surface area contributed by atoms with Crippen LogP contribution in [0.3, 0.4) is 0 Å². The third kappa shape index (κ3) is 4.38. The third-order valence-corrected chi connectivity index (χ3v) is 7.86. The number of nitrogens with zero attached hydrogens (tertiary/aromatic N) is 2. The van der Waals surface area contributed by atoms with Crippen molar-refractivity contribution in [1.29, 1.82) is 0 Å². The first kappa shape index (κ1) is 17.1. The fourth-order valence-electron chi connectivity index (χ4n) is 2.78. The Hall–Kier alpha value is -0.220. The van der Waals surface area contributed by atoms with Gasteiger partial charge in [-0.2, -0.15) is 17.0 Å². The van der Waals surface area contributed by atoms with Gasteiger partial charge in [0.15, 0.2) is 9.84 Å². The van der Waals surface area contributed by atoms with Crippen LogP contribution in [0.15, 0.2) is 0 Å². The van der Waals surface area contributed by atoms with E-state index in [0.29, 0.717) is 19.0 Å². The highest BCUT2D eigenvalue weighted by Crippen LogP contribution is 2.22. The highest BCUT2D eigenvalue weighted by atomic mass is 32.2. The molecule has 124 valence electrons. The number of sulfone groups is 1. The zero-order chi connectivity index (χ0) is 15.5. The van der Waals surface area contributed by atoms with E-state index in [-0.39, 0.29) is 24.6 Å². The highest BCUT2D eigenvalue weighted by molar-refractivity contribution is 7.91. The molecule has 2 rings (SSSR count). The van der Waals surface area contributed by atoms with Gasteiger partial charge in [0.25, 0.3) is 10.2 Å². The van der Waals surface area contributed by atoms with Gasteiger partial charge in [-0.05, 0) is 31.8 Å². The van der Waals surface area contributed by atoms with Crippen LogP contribution in [0.1, 0.15) is 19.8 Å². The van der Waals surface area contributed by atoms with Crippen molar-refractivity contribution in [2.75, 3.05) is 50.8 Å². The Kier molecular flexibility index (Phi) is 5.64. The van der Waals surface area contributed by atoms with Crippen molar-refractivity contribution in [2.24, 2.45) is 5.92 Å². The van der Waals surface area contributed by atoms with Gasteiger partial charge in [0.2, 0.25) is 0 Å². The Morgan fingerprint density at radius 2 is 1.57 bits per heavy atom. The number of hydrogen-bond donors (Lipinski definition) is 1. The molecular weight excluding hydrogens is 314 g/mol.